The van der Waals surface area contributed by atoms with E-state index >= 15 is 0 Å². The zero-order valence-corrected chi connectivity index (χ0v) is 7.59. The monoisotopic (exact) mass is 218 g/mol. The summed E-state index contributed by atoms with van der Waals surface area (Å²) in [4.78, 5) is 3.52. The minimum atomic E-state index is -2.79. The number of nitriles is 1. The van der Waals surface area contributed by atoms with Gasteiger partial charge in [-0.2, -0.15) is 5.26 Å². The van der Waals surface area contributed by atoms with Gasteiger partial charge in [0.25, 0.3) is 6.43 Å². The molecule has 0 spiro atoms. The van der Waals surface area contributed by atoms with Gasteiger partial charge in [0.05, 0.1) is 6.61 Å². The van der Waals surface area contributed by atoms with Crippen molar-refractivity contribution in [2.45, 2.75) is 13.0 Å². The van der Waals surface area contributed by atoms with Gasteiger partial charge in [0.2, 0.25) is 0 Å². The van der Waals surface area contributed by atoms with Gasteiger partial charge in [-0.25, -0.2) is 13.8 Å². The van der Waals surface area contributed by atoms with Crippen LogP contribution in [-0.4, -0.2) is 10.1 Å². The van der Waals surface area contributed by atoms with E-state index in [0.717, 1.165) is 6.07 Å². The summed E-state index contributed by atoms with van der Waals surface area (Å²) in [5, 5.41) is 17.2. The second-order valence-electron chi connectivity index (χ2n) is 2.43. The molecule has 0 saturated heterocycles. The molecule has 0 fully saturated rings. The number of hydrogen-bond donors (Lipinski definition) is 1. The molecule has 0 aromatic carbocycles. The van der Waals surface area contributed by atoms with Gasteiger partial charge in [-0.3, -0.25) is 0 Å². The van der Waals surface area contributed by atoms with Crippen LogP contribution in [0.3, 0.4) is 0 Å². The number of nitrogens with zero attached hydrogens (tertiary/aromatic N) is 2. The molecular formula is C8H5ClF2N2O. The Morgan fingerprint density at radius 2 is 2.29 bits per heavy atom. The number of rotatable bonds is 2. The van der Waals surface area contributed by atoms with Crippen LogP contribution in [0.25, 0.3) is 0 Å². The van der Waals surface area contributed by atoms with Crippen molar-refractivity contribution in [1.29, 1.82) is 5.26 Å². The molecule has 1 aromatic heterocycles. The fourth-order valence-electron chi connectivity index (χ4n) is 1.01. The number of aliphatic hydroxyl groups is 1. The maximum atomic E-state index is 12.4. The van der Waals surface area contributed by atoms with Gasteiger partial charge in [0.1, 0.15) is 16.9 Å². The Hall–Kier alpha value is -1.25. The van der Waals surface area contributed by atoms with Crippen LogP contribution in [0, 0.1) is 11.3 Å². The average molecular weight is 219 g/mol. The number of hydrogen-bond acceptors (Lipinski definition) is 3. The first-order valence-electron chi connectivity index (χ1n) is 3.58. The molecule has 0 amide bonds. The molecule has 0 aliphatic carbocycles. The van der Waals surface area contributed by atoms with Crippen LogP contribution in [0.1, 0.15) is 23.2 Å². The van der Waals surface area contributed by atoms with E-state index in [-0.39, 0.29) is 16.4 Å². The van der Waals surface area contributed by atoms with Crippen molar-refractivity contribution >= 4 is 11.6 Å². The highest BCUT2D eigenvalue weighted by Gasteiger charge is 2.18. The Kier molecular flexibility index (Phi) is 3.33. The molecule has 3 nitrogen and oxygen atoms in total. The summed E-state index contributed by atoms with van der Waals surface area (Å²) in [6.45, 7) is -0.660. The fraction of sp³-hybridized carbons (Fsp3) is 0.250. The minimum Gasteiger partial charge on any atom is -0.392 e. The SMILES string of the molecule is N#Cc1nc(Cl)cc(C(F)F)c1CO. The quantitative estimate of drug-likeness (QED) is 0.773. The van der Waals surface area contributed by atoms with E-state index in [4.69, 9.17) is 22.0 Å². The molecule has 0 atom stereocenters. The minimum absolute atomic E-state index is 0.174. The lowest BCUT2D eigenvalue weighted by Gasteiger charge is -2.07. The van der Waals surface area contributed by atoms with Crippen molar-refractivity contribution in [3.8, 4) is 6.07 Å². The van der Waals surface area contributed by atoms with Crippen molar-refractivity contribution in [3.63, 3.8) is 0 Å². The van der Waals surface area contributed by atoms with Crippen LogP contribution in [0.5, 0.6) is 0 Å². The van der Waals surface area contributed by atoms with E-state index in [1.165, 1.54) is 0 Å². The van der Waals surface area contributed by atoms with Gasteiger partial charge in [0, 0.05) is 11.1 Å². The largest absolute Gasteiger partial charge is 0.392 e. The molecule has 1 aromatic rings. The molecule has 74 valence electrons. The highest BCUT2D eigenvalue weighted by atomic mass is 35.5. The van der Waals surface area contributed by atoms with Crippen LogP contribution < -0.4 is 0 Å². The van der Waals surface area contributed by atoms with Crippen LogP contribution in [0.15, 0.2) is 6.07 Å². The molecule has 1 rings (SSSR count). The summed E-state index contributed by atoms with van der Waals surface area (Å²) >= 11 is 5.42. The lowest BCUT2D eigenvalue weighted by atomic mass is 10.1. The first-order valence-corrected chi connectivity index (χ1v) is 3.96. The van der Waals surface area contributed by atoms with E-state index in [0.29, 0.717) is 0 Å². The summed E-state index contributed by atoms with van der Waals surface area (Å²) < 4.78 is 24.8. The highest BCUT2D eigenvalue weighted by molar-refractivity contribution is 6.29. The van der Waals surface area contributed by atoms with E-state index in [1.54, 1.807) is 6.07 Å². The molecule has 0 saturated carbocycles. The number of alkyl halides is 2. The van der Waals surface area contributed by atoms with Gasteiger partial charge >= 0.3 is 0 Å². The van der Waals surface area contributed by atoms with Crippen LogP contribution in [0.4, 0.5) is 8.78 Å². The van der Waals surface area contributed by atoms with E-state index in [1.807, 2.05) is 0 Å². The van der Waals surface area contributed by atoms with E-state index in [9.17, 15) is 8.78 Å². The molecule has 0 radical (unpaired) electrons. The van der Waals surface area contributed by atoms with Crippen molar-refractivity contribution in [3.05, 3.63) is 28.0 Å². The molecule has 1 heterocycles. The third-order valence-electron chi connectivity index (χ3n) is 1.63. The van der Waals surface area contributed by atoms with Gasteiger partial charge in [-0.1, -0.05) is 11.6 Å². The molecule has 0 aliphatic rings. The van der Waals surface area contributed by atoms with Crippen LogP contribution >= 0.6 is 11.6 Å². The number of aliphatic hydroxyl groups excluding tert-OH is 1. The molecule has 6 heteroatoms. The fourth-order valence-corrected chi connectivity index (χ4v) is 1.21. The summed E-state index contributed by atoms with van der Waals surface area (Å²) in [7, 11) is 0. The Morgan fingerprint density at radius 1 is 1.64 bits per heavy atom. The normalized spacial score (nSPS) is 10.3. The van der Waals surface area contributed by atoms with Crippen molar-refractivity contribution < 1.29 is 13.9 Å². The van der Waals surface area contributed by atoms with Crippen molar-refractivity contribution in [2.75, 3.05) is 0 Å². The maximum Gasteiger partial charge on any atom is 0.264 e. The van der Waals surface area contributed by atoms with Gasteiger partial charge < -0.3 is 5.11 Å². The smallest absolute Gasteiger partial charge is 0.264 e. The zero-order valence-electron chi connectivity index (χ0n) is 6.84. The Labute approximate surface area is 83.6 Å². The molecule has 0 aliphatic heterocycles. The van der Waals surface area contributed by atoms with Crippen molar-refractivity contribution in [2.24, 2.45) is 0 Å². The predicted molar refractivity (Wildman–Crippen MR) is 44.8 cm³/mol. The third kappa shape index (κ3) is 1.97. The Morgan fingerprint density at radius 3 is 2.71 bits per heavy atom. The summed E-state index contributed by atoms with van der Waals surface area (Å²) in [5.74, 6) is 0. The second-order valence-corrected chi connectivity index (χ2v) is 2.82. The number of aromatic nitrogens is 1. The lowest BCUT2D eigenvalue weighted by Crippen LogP contribution is -2.01. The topological polar surface area (TPSA) is 56.9 Å². The zero-order chi connectivity index (χ0) is 10.7. The first kappa shape index (κ1) is 10.8. The van der Waals surface area contributed by atoms with E-state index in [2.05, 4.69) is 4.98 Å². The Bertz CT molecular complexity index is 390. The molecular weight excluding hydrogens is 214 g/mol. The number of pyridine rings is 1. The predicted octanol–water partition coefficient (Wildman–Crippen LogP) is 2.04. The molecule has 14 heavy (non-hydrogen) atoms. The molecule has 0 unspecified atom stereocenters. The van der Waals surface area contributed by atoms with Crippen molar-refractivity contribution in [1.82, 2.24) is 4.98 Å². The summed E-state index contributed by atoms with van der Waals surface area (Å²) in [5.41, 5.74) is -0.897. The summed E-state index contributed by atoms with van der Waals surface area (Å²) in [6, 6.07) is 2.54. The van der Waals surface area contributed by atoms with Crippen LogP contribution in [-0.2, 0) is 6.61 Å². The number of halogens is 3. The molecule has 0 bridgehead atoms. The standard InChI is InChI=1S/C8H5ClF2N2O/c9-7-1-4(8(10)11)5(3-14)6(2-12)13-7/h1,8,14H,3H2. The van der Waals surface area contributed by atoms with Gasteiger partial charge in [-0.15, -0.1) is 0 Å². The average Bonchev–Trinajstić information content (AvgIpc) is 2.16. The molecule has 1 N–H and O–H groups in total. The lowest BCUT2D eigenvalue weighted by molar-refractivity contribution is 0.147. The van der Waals surface area contributed by atoms with Gasteiger partial charge in [-0.05, 0) is 6.07 Å². The third-order valence-corrected chi connectivity index (χ3v) is 1.82. The highest BCUT2D eigenvalue weighted by Crippen LogP contribution is 2.26. The first-order chi connectivity index (χ1) is 6.60. The van der Waals surface area contributed by atoms with E-state index < -0.39 is 18.6 Å². The second kappa shape index (κ2) is 4.31. The van der Waals surface area contributed by atoms with Gasteiger partial charge in [0.15, 0.2) is 0 Å². The summed E-state index contributed by atoms with van der Waals surface area (Å²) in [6.07, 6.45) is -2.79. The van der Waals surface area contributed by atoms with Crippen LogP contribution in [0.2, 0.25) is 5.15 Å². The Balaban J connectivity index is 3.41. The maximum absolute atomic E-state index is 12.4.